The van der Waals surface area contributed by atoms with Gasteiger partial charge in [0.25, 0.3) is 5.91 Å². The van der Waals surface area contributed by atoms with Crippen LogP contribution in [0, 0.1) is 5.82 Å². The maximum atomic E-state index is 13.5. The Labute approximate surface area is 124 Å². The summed E-state index contributed by atoms with van der Waals surface area (Å²) in [5, 5.41) is 2.96. The third-order valence-electron chi connectivity index (χ3n) is 2.73. The Kier molecular flexibility index (Phi) is 3.79. The zero-order valence-electron chi connectivity index (χ0n) is 10.9. The number of para-hydroxylation sites is 2. The van der Waals surface area contributed by atoms with E-state index in [2.05, 4.69) is 10.3 Å². The molecule has 0 aliphatic rings. The van der Waals surface area contributed by atoms with Crippen molar-refractivity contribution in [1.29, 1.82) is 0 Å². The maximum Gasteiger partial charge on any atom is 0.264 e. The average Bonchev–Trinajstić information content (AvgIpc) is 2.90. The van der Waals surface area contributed by atoms with Gasteiger partial charge >= 0.3 is 0 Å². The van der Waals surface area contributed by atoms with Gasteiger partial charge in [-0.25, -0.2) is 9.37 Å². The summed E-state index contributed by atoms with van der Waals surface area (Å²) >= 11 is 1.22. The molecule has 21 heavy (non-hydrogen) atoms. The number of hydrogen-bond acceptors (Lipinski definition) is 4. The molecule has 1 N–H and O–H groups in total. The highest BCUT2D eigenvalue weighted by molar-refractivity contribution is 7.22. The van der Waals surface area contributed by atoms with E-state index in [1.54, 1.807) is 24.3 Å². The molecule has 0 unspecified atom stereocenters. The minimum absolute atomic E-state index is 0.123. The van der Waals surface area contributed by atoms with E-state index in [1.165, 1.54) is 17.4 Å². The van der Waals surface area contributed by atoms with Crippen LogP contribution < -0.4 is 10.1 Å². The molecule has 106 valence electrons. The number of benzene rings is 2. The molecule has 2 aromatic carbocycles. The van der Waals surface area contributed by atoms with E-state index in [-0.39, 0.29) is 18.0 Å². The lowest BCUT2D eigenvalue weighted by molar-refractivity contribution is -0.118. The van der Waals surface area contributed by atoms with Gasteiger partial charge in [0.05, 0.1) is 4.70 Å². The third kappa shape index (κ3) is 3.17. The molecule has 0 atom stereocenters. The number of rotatable bonds is 4. The van der Waals surface area contributed by atoms with E-state index < -0.39 is 5.82 Å². The van der Waals surface area contributed by atoms with Gasteiger partial charge in [-0.3, -0.25) is 10.1 Å². The molecule has 1 aromatic heterocycles. The number of amides is 1. The molecule has 0 saturated carbocycles. The predicted molar refractivity (Wildman–Crippen MR) is 80.1 cm³/mol. The number of ether oxygens (including phenoxy) is 1. The molecule has 3 aromatic rings. The number of aromatic nitrogens is 1. The SMILES string of the molecule is O=C(COc1ccccc1)Nc1nc2c(F)cccc2s1. The van der Waals surface area contributed by atoms with Crippen molar-refractivity contribution < 1.29 is 13.9 Å². The van der Waals surface area contributed by atoms with Crippen molar-refractivity contribution in [1.82, 2.24) is 4.98 Å². The van der Waals surface area contributed by atoms with Gasteiger partial charge in [-0.15, -0.1) is 0 Å². The van der Waals surface area contributed by atoms with Gasteiger partial charge in [0, 0.05) is 0 Å². The number of nitrogens with zero attached hydrogens (tertiary/aromatic N) is 1. The number of thiazole rings is 1. The third-order valence-corrected chi connectivity index (χ3v) is 3.67. The van der Waals surface area contributed by atoms with Crippen LogP contribution in [0.15, 0.2) is 48.5 Å². The summed E-state index contributed by atoms with van der Waals surface area (Å²) in [6.45, 7) is -0.123. The highest BCUT2D eigenvalue weighted by atomic mass is 32.1. The molecular weight excluding hydrogens is 291 g/mol. The molecule has 4 nitrogen and oxygen atoms in total. The Balaban J connectivity index is 1.65. The summed E-state index contributed by atoms with van der Waals surface area (Å²) < 4.78 is 19.5. The number of carbonyl (C=O) groups is 1. The van der Waals surface area contributed by atoms with E-state index in [4.69, 9.17) is 4.74 Å². The minimum atomic E-state index is -0.398. The Morgan fingerprint density at radius 2 is 2.00 bits per heavy atom. The lowest BCUT2D eigenvalue weighted by atomic mass is 10.3. The fourth-order valence-electron chi connectivity index (χ4n) is 1.79. The number of hydrogen-bond donors (Lipinski definition) is 1. The van der Waals surface area contributed by atoms with E-state index >= 15 is 0 Å². The van der Waals surface area contributed by atoms with Gasteiger partial charge < -0.3 is 4.74 Å². The lowest BCUT2D eigenvalue weighted by Crippen LogP contribution is -2.19. The second-order valence-corrected chi connectivity index (χ2v) is 5.29. The number of carbonyl (C=O) groups excluding carboxylic acids is 1. The van der Waals surface area contributed by atoms with Crippen molar-refractivity contribution in [2.75, 3.05) is 11.9 Å². The molecule has 0 spiro atoms. The van der Waals surface area contributed by atoms with Crippen molar-refractivity contribution in [3.8, 4) is 5.75 Å². The van der Waals surface area contributed by atoms with Crippen LogP contribution in [0.3, 0.4) is 0 Å². The van der Waals surface area contributed by atoms with Gasteiger partial charge in [-0.05, 0) is 24.3 Å². The monoisotopic (exact) mass is 302 g/mol. The lowest BCUT2D eigenvalue weighted by Gasteiger charge is -2.04. The first-order valence-electron chi connectivity index (χ1n) is 6.25. The van der Waals surface area contributed by atoms with Crippen molar-refractivity contribution in [3.63, 3.8) is 0 Å². The van der Waals surface area contributed by atoms with Crippen LogP contribution in [-0.2, 0) is 4.79 Å². The molecular formula is C15H11FN2O2S. The standard InChI is InChI=1S/C15H11FN2O2S/c16-11-7-4-8-12-14(11)18-15(21-12)17-13(19)9-20-10-5-2-1-3-6-10/h1-8H,9H2,(H,17,18,19). The molecule has 6 heteroatoms. The van der Waals surface area contributed by atoms with Crippen LogP contribution in [0.5, 0.6) is 5.75 Å². The van der Waals surface area contributed by atoms with Crippen LogP contribution in [-0.4, -0.2) is 17.5 Å². The fraction of sp³-hybridized carbons (Fsp3) is 0.0667. The number of nitrogens with one attached hydrogen (secondary N) is 1. The summed E-state index contributed by atoms with van der Waals surface area (Å²) in [5.74, 6) is -0.119. The van der Waals surface area contributed by atoms with E-state index in [0.29, 0.717) is 15.6 Å². The van der Waals surface area contributed by atoms with Gasteiger partial charge in [0.2, 0.25) is 0 Å². The molecule has 0 radical (unpaired) electrons. The first kappa shape index (κ1) is 13.5. The van der Waals surface area contributed by atoms with Crippen molar-refractivity contribution >= 4 is 32.6 Å². The summed E-state index contributed by atoms with van der Waals surface area (Å²) in [5.41, 5.74) is 0.266. The molecule has 0 aliphatic carbocycles. The van der Waals surface area contributed by atoms with E-state index in [0.717, 1.165) is 0 Å². The number of anilines is 1. The normalized spacial score (nSPS) is 10.5. The van der Waals surface area contributed by atoms with E-state index in [1.807, 2.05) is 18.2 Å². The van der Waals surface area contributed by atoms with Gasteiger partial charge in [0.15, 0.2) is 11.7 Å². The smallest absolute Gasteiger partial charge is 0.264 e. The fourth-order valence-corrected chi connectivity index (χ4v) is 2.69. The molecule has 0 saturated heterocycles. The van der Waals surface area contributed by atoms with Crippen molar-refractivity contribution in [3.05, 3.63) is 54.3 Å². The first-order chi connectivity index (χ1) is 10.2. The molecule has 1 amide bonds. The highest BCUT2D eigenvalue weighted by Crippen LogP contribution is 2.27. The second-order valence-electron chi connectivity index (χ2n) is 4.26. The predicted octanol–water partition coefficient (Wildman–Crippen LogP) is 3.45. The topological polar surface area (TPSA) is 51.2 Å². The molecule has 0 bridgehead atoms. The largest absolute Gasteiger partial charge is 0.484 e. The van der Waals surface area contributed by atoms with Crippen LogP contribution in [0.4, 0.5) is 9.52 Å². The Hall–Kier alpha value is -2.47. The molecule has 1 heterocycles. The Morgan fingerprint density at radius 1 is 1.19 bits per heavy atom. The van der Waals surface area contributed by atoms with Gasteiger partial charge in [-0.2, -0.15) is 0 Å². The molecule has 3 rings (SSSR count). The van der Waals surface area contributed by atoms with Crippen molar-refractivity contribution in [2.24, 2.45) is 0 Å². The summed E-state index contributed by atoms with van der Waals surface area (Å²) in [6.07, 6.45) is 0. The zero-order valence-corrected chi connectivity index (χ0v) is 11.7. The number of fused-ring (bicyclic) bond motifs is 1. The van der Waals surface area contributed by atoms with Crippen LogP contribution in [0.1, 0.15) is 0 Å². The Morgan fingerprint density at radius 3 is 2.76 bits per heavy atom. The summed E-state index contributed by atoms with van der Waals surface area (Å²) in [4.78, 5) is 15.8. The number of halogens is 1. The van der Waals surface area contributed by atoms with Crippen LogP contribution in [0.25, 0.3) is 10.2 Å². The molecule has 0 aliphatic heterocycles. The summed E-state index contributed by atoms with van der Waals surface area (Å²) in [7, 11) is 0. The highest BCUT2D eigenvalue weighted by Gasteiger charge is 2.10. The minimum Gasteiger partial charge on any atom is -0.484 e. The van der Waals surface area contributed by atoms with E-state index in [9.17, 15) is 9.18 Å². The zero-order chi connectivity index (χ0) is 14.7. The maximum absolute atomic E-state index is 13.5. The van der Waals surface area contributed by atoms with Crippen LogP contribution in [0.2, 0.25) is 0 Å². The summed E-state index contributed by atoms with van der Waals surface area (Å²) in [6, 6.07) is 13.7. The van der Waals surface area contributed by atoms with Gasteiger partial charge in [-0.1, -0.05) is 35.6 Å². The molecule has 0 fully saturated rings. The average molecular weight is 302 g/mol. The quantitative estimate of drug-likeness (QED) is 0.803. The first-order valence-corrected chi connectivity index (χ1v) is 7.07. The van der Waals surface area contributed by atoms with Gasteiger partial charge in [0.1, 0.15) is 17.1 Å². The van der Waals surface area contributed by atoms with Crippen molar-refractivity contribution in [2.45, 2.75) is 0 Å². The second kappa shape index (κ2) is 5.88. The Bertz CT molecular complexity index is 774. The van der Waals surface area contributed by atoms with Crippen LogP contribution >= 0.6 is 11.3 Å².